The van der Waals surface area contributed by atoms with Crippen LogP contribution in [0.25, 0.3) is 0 Å². The minimum Gasteiger partial charge on any atom is -0.277 e. The Morgan fingerprint density at radius 1 is 1.71 bits per heavy atom. The fraction of sp³-hybridized carbons (Fsp3) is 1.00. The van der Waals surface area contributed by atoms with Gasteiger partial charge in [-0.15, -0.1) is 11.6 Å². The van der Waals surface area contributed by atoms with Crippen LogP contribution in [0.2, 0.25) is 0 Å². The van der Waals surface area contributed by atoms with Crippen molar-refractivity contribution >= 4 is 31.5 Å². The normalized spacial score (nSPS) is 11.7. The van der Waals surface area contributed by atoms with Crippen molar-refractivity contribution in [2.75, 3.05) is 5.21 Å². The highest BCUT2D eigenvalue weighted by Gasteiger charge is 2.00. The highest BCUT2D eigenvalue weighted by molar-refractivity contribution is 8.70. The maximum atomic E-state index is 9.67. The third-order valence-electron chi connectivity index (χ3n) is 0.193. The summed E-state index contributed by atoms with van der Waals surface area (Å²) in [6.07, 6.45) is 0. The molecule has 0 spiro atoms. The molecule has 0 aromatic rings. The first-order valence-corrected chi connectivity index (χ1v) is 4.72. The van der Waals surface area contributed by atoms with Crippen LogP contribution in [-0.4, -0.2) is 18.2 Å². The molecule has 0 radical (unpaired) electrons. The van der Waals surface area contributed by atoms with Crippen LogP contribution >= 0.6 is 22.4 Å². The molecule has 0 saturated carbocycles. The average Bonchev–Trinajstić information content (AvgIpc) is 1.30. The van der Waals surface area contributed by atoms with E-state index in [1.54, 1.807) is 0 Å². The van der Waals surface area contributed by atoms with E-state index in [0.29, 0.717) is 0 Å². The van der Waals surface area contributed by atoms with Gasteiger partial charge in [0.15, 0.2) is 0 Å². The fourth-order valence-electron chi connectivity index (χ4n) is 0.0563. The van der Waals surface area contributed by atoms with Crippen molar-refractivity contribution in [1.82, 2.24) is 0 Å². The molecule has 0 aromatic heterocycles. The summed E-state index contributed by atoms with van der Waals surface area (Å²) in [6, 6.07) is 0. The minimum atomic E-state index is -3.89. The molecule has 6 heteroatoms. The molecule has 0 atom stereocenters. The molecule has 0 aliphatic carbocycles. The Morgan fingerprint density at radius 2 is 2.14 bits per heavy atom. The standard InChI is InChI=1S/CH3ClO3S2/c2-1-6-7(3,4)5/h1H2,(H,3,4,5). The van der Waals surface area contributed by atoms with Crippen LogP contribution in [0.5, 0.6) is 0 Å². The molecule has 7 heavy (non-hydrogen) atoms. The van der Waals surface area contributed by atoms with Crippen molar-refractivity contribution in [2.24, 2.45) is 0 Å². The molecule has 0 aliphatic rings. The summed E-state index contributed by atoms with van der Waals surface area (Å²) >= 11 is 4.91. The zero-order valence-electron chi connectivity index (χ0n) is 3.17. The fourth-order valence-corrected chi connectivity index (χ4v) is 1.52. The zero-order chi connectivity index (χ0) is 5.91. The molecule has 0 rings (SSSR count). The predicted molar refractivity (Wildman–Crippen MR) is 29.9 cm³/mol. The van der Waals surface area contributed by atoms with Gasteiger partial charge in [-0.3, -0.25) is 4.55 Å². The minimum absolute atomic E-state index is 0.140. The van der Waals surface area contributed by atoms with Gasteiger partial charge in [0.25, 0.3) is 0 Å². The highest BCUT2D eigenvalue weighted by Crippen LogP contribution is 2.09. The van der Waals surface area contributed by atoms with Gasteiger partial charge >= 0.3 is 9.15 Å². The van der Waals surface area contributed by atoms with E-state index in [4.69, 9.17) is 16.2 Å². The Bertz CT molecular complexity index is 126. The summed E-state index contributed by atoms with van der Waals surface area (Å²) in [5.41, 5.74) is 0. The monoisotopic (exact) mass is 162 g/mol. The average molecular weight is 163 g/mol. The third kappa shape index (κ3) is 6.55. The highest BCUT2D eigenvalue weighted by atomic mass is 35.5. The molecule has 44 valence electrons. The number of alkyl halides is 1. The molecule has 0 bridgehead atoms. The molecule has 0 fully saturated rings. The second kappa shape index (κ2) is 2.76. The van der Waals surface area contributed by atoms with E-state index in [9.17, 15) is 8.42 Å². The lowest BCUT2D eigenvalue weighted by Gasteiger charge is -1.83. The van der Waals surface area contributed by atoms with E-state index in [1.165, 1.54) is 0 Å². The number of hydrogen-bond acceptors (Lipinski definition) is 3. The third-order valence-corrected chi connectivity index (χ3v) is 2.54. The van der Waals surface area contributed by atoms with Crippen molar-refractivity contribution in [3.8, 4) is 0 Å². The zero-order valence-corrected chi connectivity index (χ0v) is 5.55. The molecular weight excluding hydrogens is 160 g/mol. The van der Waals surface area contributed by atoms with Gasteiger partial charge in [0.05, 0.1) is 5.21 Å². The van der Waals surface area contributed by atoms with Crippen LogP contribution in [0.15, 0.2) is 0 Å². The van der Waals surface area contributed by atoms with Crippen molar-refractivity contribution in [3.05, 3.63) is 0 Å². The molecule has 0 amide bonds. The molecule has 0 unspecified atom stereocenters. The topological polar surface area (TPSA) is 54.4 Å². The number of hydrogen-bond donors (Lipinski definition) is 1. The second-order valence-electron chi connectivity index (χ2n) is 0.655. The van der Waals surface area contributed by atoms with Crippen LogP contribution in [-0.2, 0) is 9.15 Å². The van der Waals surface area contributed by atoms with E-state index in [-0.39, 0.29) is 16.0 Å². The van der Waals surface area contributed by atoms with Gasteiger partial charge in [0.2, 0.25) is 0 Å². The van der Waals surface area contributed by atoms with E-state index in [2.05, 4.69) is 0 Å². The van der Waals surface area contributed by atoms with Crippen molar-refractivity contribution < 1.29 is 13.0 Å². The molecule has 0 heterocycles. The lowest BCUT2D eigenvalue weighted by molar-refractivity contribution is 0.503. The summed E-state index contributed by atoms with van der Waals surface area (Å²) in [7, 11) is -3.61. The summed E-state index contributed by atoms with van der Waals surface area (Å²) in [6.45, 7) is 0. The van der Waals surface area contributed by atoms with Crippen LogP contribution < -0.4 is 0 Å². The maximum Gasteiger partial charge on any atom is 0.320 e. The van der Waals surface area contributed by atoms with E-state index >= 15 is 0 Å². The molecule has 0 aromatic carbocycles. The van der Waals surface area contributed by atoms with Gasteiger partial charge in [-0.2, -0.15) is 8.42 Å². The van der Waals surface area contributed by atoms with E-state index in [0.717, 1.165) is 0 Å². The summed E-state index contributed by atoms with van der Waals surface area (Å²) in [5, 5.41) is -0.140. The quantitative estimate of drug-likeness (QED) is 0.369. The van der Waals surface area contributed by atoms with Crippen molar-refractivity contribution in [1.29, 1.82) is 0 Å². The van der Waals surface area contributed by atoms with Gasteiger partial charge in [0, 0.05) is 10.8 Å². The molecular formula is CH3ClO3S2. The maximum absolute atomic E-state index is 9.67. The Labute approximate surface area is 50.2 Å². The first-order valence-electron chi connectivity index (χ1n) is 1.24. The Morgan fingerprint density at radius 3 is 2.14 bits per heavy atom. The van der Waals surface area contributed by atoms with Crippen LogP contribution in [0, 0.1) is 0 Å². The van der Waals surface area contributed by atoms with Crippen LogP contribution in [0.4, 0.5) is 0 Å². The van der Waals surface area contributed by atoms with Crippen LogP contribution in [0.1, 0.15) is 0 Å². The van der Waals surface area contributed by atoms with Gasteiger partial charge in [-0.05, 0) is 0 Å². The summed E-state index contributed by atoms with van der Waals surface area (Å²) < 4.78 is 27.2. The van der Waals surface area contributed by atoms with E-state index in [1.807, 2.05) is 0 Å². The Balaban J connectivity index is 3.60. The largest absolute Gasteiger partial charge is 0.320 e. The van der Waals surface area contributed by atoms with Crippen molar-refractivity contribution in [2.45, 2.75) is 0 Å². The predicted octanol–water partition coefficient (Wildman–Crippen LogP) is 0.719. The van der Waals surface area contributed by atoms with Gasteiger partial charge in [-0.25, -0.2) is 0 Å². The lowest BCUT2D eigenvalue weighted by Crippen LogP contribution is -1.87. The van der Waals surface area contributed by atoms with Gasteiger partial charge < -0.3 is 0 Å². The lowest BCUT2D eigenvalue weighted by atomic mass is 11.9. The van der Waals surface area contributed by atoms with E-state index < -0.39 is 9.15 Å². The SMILES string of the molecule is O=S(=O)(O)SCCl. The summed E-state index contributed by atoms with van der Waals surface area (Å²) in [4.78, 5) is 0. The molecule has 0 saturated heterocycles. The molecule has 3 nitrogen and oxygen atoms in total. The van der Waals surface area contributed by atoms with Gasteiger partial charge in [-0.1, -0.05) is 0 Å². The van der Waals surface area contributed by atoms with Crippen LogP contribution in [0.3, 0.4) is 0 Å². The second-order valence-corrected chi connectivity index (χ2v) is 4.59. The number of halogens is 1. The van der Waals surface area contributed by atoms with Gasteiger partial charge in [0.1, 0.15) is 0 Å². The number of rotatable bonds is 2. The first-order chi connectivity index (χ1) is 3.06. The van der Waals surface area contributed by atoms with Crippen molar-refractivity contribution in [3.63, 3.8) is 0 Å². The summed E-state index contributed by atoms with van der Waals surface area (Å²) in [5.74, 6) is 0. The first kappa shape index (κ1) is 7.55. The Hall–Kier alpha value is 0.550. The Kier molecular flexibility index (Phi) is 2.98. The smallest absolute Gasteiger partial charge is 0.277 e. The molecule has 1 N–H and O–H groups in total. The molecule has 0 aliphatic heterocycles.